The maximum atomic E-state index is 5.84. The Morgan fingerprint density at radius 1 is 1.12 bits per heavy atom. The van der Waals surface area contributed by atoms with Crippen LogP contribution in [0.25, 0.3) is 11.4 Å². The first-order chi connectivity index (χ1) is 12.9. The Hall–Kier alpha value is -2.64. The molecule has 1 aliphatic heterocycles. The van der Waals surface area contributed by atoms with Crippen LogP contribution in [0.3, 0.4) is 0 Å². The normalized spacial score (nSPS) is 17.0. The van der Waals surface area contributed by atoms with Gasteiger partial charge in [-0.3, -0.25) is 9.88 Å². The van der Waals surface area contributed by atoms with Crippen molar-refractivity contribution in [2.24, 2.45) is 0 Å². The first-order valence-electron chi connectivity index (χ1n) is 8.93. The van der Waals surface area contributed by atoms with E-state index in [0.29, 0.717) is 11.9 Å². The molecule has 1 aliphatic rings. The number of hydrogen-bond donors (Lipinski definition) is 1. The Balaban J connectivity index is 1.46. The van der Waals surface area contributed by atoms with E-state index in [1.165, 1.54) is 5.56 Å². The van der Waals surface area contributed by atoms with Crippen LogP contribution in [0.15, 0.2) is 48.7 Å². The zero-order valence-electron chi connectivity index (χ0n) is 14.6. The van der Waals surface area contributed by atoms with E-state index in [2.05, 4.69) is 48.7 Å². The van der Waals surface area contributed by atoms with Crippen molar-refractivity contribution in [1.29, 1.82) is 0 Å². The number of nitrogens with one attached hydrogen (secondary N) is 1. The van der Waals surface area contributed by atoms with Crippen LogP contribution in [0, 0.1) is 0 Å². The molecule has 0 bridgehead atoms. The number of pyridine rings is 1. The molecule has 134 valence electrons. The van der Waals surface area contributed by atoms with E-state index in [-0.39, 0.29) is 0 Å². The highest BCUT2D eigenvalue weighted by Crippen LogP contribution is 2.19. The second kappa shape index (κ2) is 8.16. The average molecular weight is 350 g/mol. The number of hydrogen-bond acceptors (Lipinski definition) is 6. The van der Waals surface area contributed by atoms with Crippen molar-refractivity contribution in [3.8, 4) is 11.4 Å². The van der Waals surface area contributed by atoms with Gasteiger partial charge < -0.3 is 4.74 Å². The predicted molar refractivity (Wildman–Crippen MR) is 96.9 cm³/mol. The Kier molecular flexibility index (Phi) is 5.27. The molecular weight excluding hydrogens is 328 g/mol. The molecule has 1 saturated heterocycles. The summed E-state index contributed by atoms with van der Waals surface area (Å²) in [6.07, 6.45) is 4.45. The SMILES string of the molecule is c1ccc(CN(Cc2ccc(-c3nn[nH]n3)cc2)C[C@H]2CCCO2)nc1. The van der Waals surface area contributed by atoms with Crippen molar-refractivity contribution in [1.82, 2.24) is 30.5 Å². The summed E-state index contributed by atoms with van der Waals surface area (Å²) in [6, 6.07) is 14.4. The summed E-state index contributed by atoms with van der Waals surface area (Å²) in [5.74, 6) is 0.612. The van der Waals surface area contributed by atoms with Crippen molar-refractivity contribution >= 4 is 0 Å². The van der Waals surface area contributed by atoms with Gasteiger partial charge in [0.05, 0.1) is 11.8 Å². The summed E-state index contributed by atoms with van der Waals surface area (Å²) in [5, 5.41) is 14.1. The van der Waals surface area contributed by atoms with Gasteiger partial charge in [0, 0.05) is 38.0 Å². The quantitative estimate of drug-likeness (QED) is 0.705. The van der Waals surface area contributed by atoms with Crippen LogP contribution in [0.1, 0.15) is 24.1 Å². The van der Waals surface area contributed by atoms with E-state index < -0.39 is 0 Å². The van der Waals surface area contributed by atoms with Gasteiger partial charge >= 0.3 is 0 Å². The van der Waals surface area contributed by atoms with Crippen molar-refractivity contribution < 1.29 is 4.74 Å². The van der Waals surface area contributed by atoms with Crippen LogP contribution in [-0.4, -0.2) is 49.8 Å². The highest BCUT2D eigenvalue weighted by molar-refractivity contribution is 5.54. The number of tetrazole rings is 1. The molecule has 3 aromatic rings. The summed E-state index contributed by atoms with van der Waals surface area (Å²) in [5.41, 5.74) is 3.28. The summed E-state index contributed by atoms with van der Waals surface area (Å²) < 4.78 is 5.84. The monoisotopic (exact) mass is 350 g/mol. The van der Waals surface area contributed by atoms with Gasteiger partial charge in [-0.1, -0.05) is 30.3 Å². The number of aromatic amines is 1. The van der Waals surface area contributed by atoms with E-state index in [1.807, 2.05) is 30.5 Å². The molecule has 0 spiro atoms. The lowest BCUT2D eigenvalue weighted by molar-refractivity contribution is 0.0675. The maximum Gasteiger partial charge on any atom is 0.204 e. The second-order valence-electron chi connectivity index (χ2n) is 6.56. The number of rotatable bonds is 7. The zero-order chi connectivity index (χ0) is 17.6. The van der Waals surface area contributed by atoms with Crippen LogP contribution in [-0.2, 0) is 17.8 Å². The van der Waals surface area contributed by atoms with Gasteiger partial charge in [0.15, 0.2) is 0 Å². The minimum Gasteiger partial charge on any atom is -0.377 e. The largest absolute Gasteiger partial charge is 0.377 e. The number of H-pyrrole nitrogens is 1. The molecule has 7 nitrogen and oxygen atoms in total. The van der Waals surface area contributed by atoms with Gasteiger partial charge in [-0.05, 0) is 35.8 Å². The van der Waals surface area contributed by atoms with Crippen molar-refractivity contribution in [3.63, 3.8) is 0 Å². The van der Waals surface area contributed by atoms with Crippen LogP contribution in [0.4, 0.5) is 0 Å². The zero-order valence-corrected chi connectivity index (χ0v) is 14.6. The van der Waals surface area contributed by atoms with E-state index in [4.69, 9.17) is 4.74 Å². The third-order valence-corrected chi connectivity index (χ3v) is 4.56. The number of aromatic nitrogens is 5. The minimum atomic E-state index is 0.317. The van der Waals surface area contributed by atoms with Crippen LogP contribution >= 0.6 is 0 Å². The van der Waals surface area contributed by atoms with Crippen LogP contribution < -0.4 is 0 Å². The van der Waals surface area contributed by atoms with E-state index in [1.54, 1.807) is 0 Å². The molecule has 1 N–H and O–H groups in total. The molecule has 7 heteroatoms. The lowest BCUT2D eigenvalue weighted by atomic mass is 10.1. The fourth-order valence-corrected chi connectivity index (χ4v) is 3.28. The summed E-state index contributed by atoms with van der Waals surface area (Å²) in [6.45, 7) is 3.46. The third kappa shape index (κ3) is 4.30. The highest BCUT2D eigenvalue weighted by atomic mass is 16.5. The van der Waals surface area contributed by atoms with Gasteiger partial charge in [0.1, 0.15) is 0 Å². The number of nitrogens with zero attached hydrogens (tertiary/aromatic N) is 5. The topological polar surface area (TPSA) is 79.8 Å². The standard InChI is InChI=1S/C19H22N6O/c1-2-10-20-17(4-1)13-25(14-18-5-3-11-26-18)12-15-6-8-16(9-7-15)19-21-23-24-22-19/h1-2,4,6-10,18H,3,5,11-14H2,(H,21,22,23,24)/t18-/m1/s1. The Morgan fingerprint density at radius 3 is 2.73 bits per heavy atom. The van der Waals surface area contributed by atoms with Gasteiger partial charge in [-0.2, -0.15) is 5.21 Å². The highest BCUT2D eigenvalue weighted by Gasteiger charge is 2.20. The molecule has 1 aromatic carbocycles. The van der Waals surface area contributed by atoms with Gasteiger partial charge in [0.25, 0.3) is 0 Å². The third-order valence-electron chi connectivity index (χ3n) is 4.56. The lowest BCUT2D eigenvalue weighted by Crippen LogP contribution is -2.31. The minimum absolute atomic E-state index is 0.317. The molecule has 0 unspecified atom stereocenters. The Morgan fingerprint density at radius 2 is 2.04 bits per heavy atom. The molecule has 0 saturated carbocycles. The van der Waals surface area contributed by atoms with E-state index in [0.717, 1.165) is 50.3 Å². The molecule has 0 amide bonds. The first-order valence-corrected chi connectivity index (χ1v) is 8.93. The molecule has 4 rings (SSSR count). The molecule has 26 heavy (non-hydrogen) atoms. The molecule has 1 atom stereocenters. The van der Waals surface area contributed by atoms with Crippen LogP contribution in [0.5, 0.6) is 0 Å². The summed E-state index contributed by atoms with van der Waals surface area (Å²) in [7, 11) is 0. The Labute approximate surface area is 152 Å². The van der Waals surface area contributed by atoms with Gasteiger partial charge in [-0.25, -0.2) is 0 Å². The molecule has 1 fully saturated rings. The lowest BCUT2D eigenvalue weighted by Gasteiger charge is -2.25. The van der Waals surface area contributed by atoms with Gasteiger partial charge in [-0.15, -0.1) is 10.2 Å². The fourth-order valence-electron chi connectivity index (χ4n) is 3.28. The van der Waals surface area contributed by atoms with Gasteiger partial charge in [0.2, 0.25) is 5.82 Å². The number of benzene rings is 1. The van der Waals surface area contributed by atoms with E-state index in [9.17, 15) is 0 Å². The average Bonchev–Trinajstić information content (AvgIpc) is 3.37. The molecule has 2 aromatic heterocycles. The number of ether oxygens (including phenoxy) is 1. The smallest absolute Gasteiger partial charge is 0.204 e. The van der Waals surface area contributed by atoms with Crippen molar-refractivity contribution in [2.45, 2.75) is 32.0 Å². The molecular formula is C19H22N6O. The van der Waals surface area contributed by atoms with Crippen molar-refractivity contribution in [3.05, 3.63) is 59.9 Å². The first kappa shape index (κ1) is 16.8. The van der Waals surface area contributed by atoms with Crippen molar-refractivity contribution in [2.75, 3.05) is 13.2 Å². The Bertz CT molecular complexity index is 785. The van der Waals surface area contributed by atoms with E-state index >= 15 is 0 Å². The molecule has 0 radical (unpaired) electrons. The molecule has 3 heterocycles. The maximum absolute atomic E-state index is 5.84. The summed E-state index contributed by atoms with van der Waals surface area (Å²) >= 11 is 0. The second-order valence-corrected chi connectivity index (χ2v) is 6.56. The predicted octanol–water partition coefficient (Wildman–Crippen LogP) is 2.44. The summed E-state index contributed by atoms with van der Waals surface area (Å²) in [4.78, 5) is 6.88. The fraction of sp³-hybridized carbons (Fsp3) is 0.368. The molecule has 0 aliphatic carbocycles. The van der Waals surface area contributed by atoms with Crippen LogP contribution in [0.2, 0.25) is 0 Å².